The van der Waals surface area contributed by atoms with Crippen LogP contribution >= 0.6 is 0 Å². The van der Waals surface area contributed by atoms with Gasteiger partial charge in [-0.05, 0) is 5.41 Å². The van der Waals surface area contributed by atoms with Crippen LogP contribution in [0.3, 0.4) is 0 Å². The van der Waals surface area contributed by atoms with Crippen LogP contribution in [0.1, 0.15) is 26.5 Å². The molecule has 1 fully saturated rings. The molecule has 0 saturated carbocycles. The van der Waals surface area contributed by atoms with E-state index < -0.39 is 0 Å². The second kappa shape index (κ2) is 3.82. The Hall–Kier alpha value is -1.36. The number of hydrogen-bond donors (Lipinski definition) is 0. The topological polar surface area (TPSA) is 56.5 Å². The summed E-state index contributed by atoms with van der Waals surface area (Å²) in [5.41, 5.74) is -0.0798. The van der Waals surface area contributed by atoms with E-state index >= 15 is 0 Å². The first-order chi connectivity index (χ1) is 8.18. The van der Waals surface area contributed by atoms with E-state index in [-0.39, 0.29) is 22.3 Å². The Morgan fingerprint density at radius 3 is 2.28 bits per heavy atom. The van der Waals surface area contributed by atoms with E-state index in [0.29, 0.717) is 13.0 Å². The largest absolute Gasteiger partial charge is 0.369 e. The second-order valence-electron chi connectivity index (χ2n) is 6.08. The van der Waals surface area contributed by atoms with Crippen LogP contribution in [0.15, 0.2) is 15.7 Å². The van der Waals surface area contributed by atoms with Gasteiger partial charge in [0, 0.05) is 32.3 Å². The zero-order valence-corrected chi connectivity index (χ0v) is 11.6. The van der Waals surface area contributed by atoms with Gasteiger partial charge in [-0.1, -0.05) is 20.8 Å². The van der Waals surface area contributed by atoms with Crippen LogP contribution in [0.25, 0.3) is 0 Å². The molecule has 0 radical (unpaired) electrons. The highest BCUT2D eigenvalue weighted by molar-refractivity contribution is 5.14. The molecule has 0 N–H and O–H groups in total. The number of aromatic nitrogens is 2. The zero-order chi connectivity index (χ0) is 13.7. The van der Waals surface area contributed by atoms with E-state index in [1.54, 1.807) is 7.05 Å². The van der Waals surface area contributed by atoms with Gasteiger partial charge in [-0.2, -0.15) is 0 Å². The highest BCUT2D eigenvalue weighted by atomic mass is 16.6. The lowest BCUT2D eigenvalue weighted by Crippen LogP contribution is -2.41. The maximum atomic E-state index is 11.9. The Morgan fingerprint density at radius 1 is 1.28 bits per heavy atom. The number of nitrogens with zero attached hydrogens (tertiary/aromatic N) is 2. The zero-order valence-electron chi connectivity index (χ0n) is 11.6. The summed E-state index contributed by atoms with van der Waals surface area (Å²) < 4.78 is 8.24. The number of hydrogen-bond acceptors (Lipinski definition) is 3. The SMILES string of the molecule is Cn1c(C[C@@]2(C(C)(C)C)CO2)cc(=O)n(C)c1=O. The van der Waals surface area contributed by atoms with Crippen LogP contribution in [-0.2, 0) is 25.3 Å². The fourth-order valence-corrected chi connectivity index (χ4v) is 2.13. The van der Waals surface area contributed by atoms with Crippen molar-refractivity contribution in [3.05, 3.63) is 32.6 Å². The summed E-state index contributed by atoms with van der Waals surface area (Å²) in [6.07, 6.45) is 0.596. The molecule has 0 amide bonds. The predicted molar refractivity (Wildman–Crippen MR) is 68.8 cm³/mol. The quantitative estimate of drug-likeness (QED) is 0.718. The van der Waals surface area contributed by atoms with Gasteiger partial charge in [0.1, 0.15) is 5.60 Å². The summed E-state index contributed by atoms with van der Waals surface area (Å²) in [5, 5.41) is 0. The molecule has 2 heterocycles. The smallest absolute Gasteiger partial charge is 0.330 e. The molecule has 1 saturated heterocycles. The first-order valence-corrected chi connectivity index (χ1v) is 6.08. The van der Waals surface area contributed by atoms with E-state index in [1.807, 2.05) is 0 Å². The first-order valence-electron chi connectivity index (χ1n) is 6.08. The molecule has 5 nitrogen and oxygen atoms in total. The van der Waals surface area contributed by atoms with Crippen molar-refractivity contribution >= 4 is 0 Å². The predicted octanol–water partition coefficient (Wildman–Crippen LogP) is 0.442. The molecule has 1 aromatic heterocycles. The van der Waals surface area contributed by atoms with Crippen LogP contribution < -0.4 is 11.2 Å². The van der Waals surface area contributed by atoms with Crippen molar-refractivity contribution in [1.29, 1.82) is 0 Å². The number of epoxide rings is 1. The molecular formula is C13H20N2O3. The minimum absolute atomic E-state index is 0.00980. The molecule has 1 aromatic rings. The lowest BCUT2D eigenvalue weighted by molar-refractivity contribution is 0.152. The maximum Gasteiger partial charge on any atom is 0.330 e. The summed E-state index contributed by atoms with van der Waals surface area (Å²) in [6.45, 7) is 7.01. The molecule has 100 valence electrons. The van der Waals surface area contributed by atoms with Crippen molar-refractivity contribution in [2.24, 2.45) is 19.5 Å². The molecule has 18 heavy (non-hydrogen) atoms. The summed E-state index contributed by atoms with van der Waals surface area (Å²) in [4.78, 5) is 23.5. The average Bonchev–Trinajstić information content (AvgIpc) is 3.03. The Balaban J connectivity index is 2.44. The Morgan fingerprint density at radius 2 is 1.83 bits per heavy atom. The van der Waals surface area contributed by atoms with Crippen molar-refractivity contribution in [2.75, 3.05) is 6.61 Å². The maximum absolute atomic E-state index is 11.9. The van der Waals surface area contributed by atoms with E-state index in [4.69, 9.17) is 4.74 Å². The minimum atomic E-state index is -0.290. The van der Waals surface area contributed by atoms with Crippen LogP contribution in [-0.4, -0.2) is 21.3 Å². The van der Waals surface area contributed by atoms with Gasteiger partial charge in [0.2, 0.25) is 0 Å². The van der Waals surface area contributed by atoms with Crippen LogP contribution in [0.4, 0.5) is 0 Å². The van der Waals surface area contributed by atoms with Gasteiger partial charge in [-0.3, -0.25) is 9.36 Å². The van der Waals surface area contributed by atoms with Gasteiger partial charge in [-0.15, -0.1) is 0 Å². The van der Waals surface area contributed by atoms with Gasteiger partial charge < -0.3 is 9.30 Å². The monoisotopic (exact) mass is 252 g/mol. The third-order valence-corrected chi connectivity index (χ3v) is 3.95. The first kappa shape index (κ1) is 13.1. The average molecular weight is 252 g/mol. The van der Waals surface area contributed by atoms with Gasteiger partial charge >= 0.3 is 5.69 Å². The Labute approximate surface area is 106 Å². The van der Waals surface area contributed by atoms with Crippen molar-refractivity contribution < 1.29 is 4.74 Å². The van der Waals surface area contributed by atoms with Crippen LogP contribution in [0, 0.1) is 5.41 Å². The normalized spacial score (nSPS) is 23.2. The molecule has 0 aromatic carbocycles. The molecular weight excluding hydrogens is 232 g/mol. The van der Waals surface area contributed by atoms with Crippen molar-refractivity contribution in [1.82, 2.24) is 9.13 Å². The third-order valence-electron chi connectivity index (χ3n) is 3.95. The lowest BCUT2D eigenvalue weighted by Gasteiger charge is -2.28. The minimum Gasteiger partial charge on any atom is -0.369 e. The lowest BCUT2D eigenvalue weighted by atomic mass is 9.78. The van der Waals surface area contributed by atoms with Gasteiger partial charge in [-0.25, -0.2) is 4.79 Å². The molecule has 1 atom stereocenters. The van der Waals surface area contributed by atoms with Gasteiger partial charge in [0.25, 0.3) is 5.56 Å². The molecule has 1 aliphatic rings. The Bertz CT molecular complexity index is 586. The molecule has 2 rings (SSSR count). The molecule has 0 aliphatic carbocycles. The molecule has 0 unspecified atom stereocenters. The molecule has 1 aliphatic heterocycles. The fourth-order valence-electron chi connectivity index (χ4n) is 2.13. The highest BCUT2D eigenvalue weighted by Crippen LogP contribution is 2.46. The standard InChI is InChI=1S/C13H20N2O3/c1-12(2,3)13(8-18-13)7-9-6-10(16)15(5)11(17)14(9)4/h6H,7-8H2,1-5H3/t13-/m0/s1. The fraction of sp³-hybridized carbons (Fsp3) is 0.692. The van der Waals surface area contributed by atoms with Crippen molar-refractivity contribution in [3.63, 3.8) is 0 Å². The van der Waals surface area contributed by atoms with Gasteiger partial charge in [0.05, 0.1) is 6.61 Å². The number of rotatable bonds is 2. The van der Waals surface area contributed by atoms with E-state index in [9.17, 15) is 9.59 Å². The second-order valence-corrected chi connectivity index (χ2v) is 6.08. The van der Waals surface area contributed by atoms with Gasteiger partial charge in [0.15, 0.2) is 0 Å². The summed E-state index contributed by atoms with van der Waals surface area (Å²) >= 11 is 0. The summed E-state index contributed by atoms with van der Waals surface area (Å²) in [5.74, 6) is 0. The highest BCUT2D eigenvalue weighted by Gasteiger charge is 2.54. The number of ether oxygens (including phenoxy) is 1. The van der Waals surface area contributed by atoms with E-state index in [2.05, 4.69) is 20.8 Å². The summed E-state index contributed by atoms with van der Waals surface area (Å²) in [6, 6.07) is 1.52. The van der Waals surface area contributed by atoms with Crippen LogP contribution in [0.2, 0.25) is 0 Å². The van der Waals surface area contributed by atoms with Crippen molar-refractivity contribution in [3.8, 4) is 0 Å². The van der Waals surface area contributed by atoms with E-state index in [0.717, 1.165) is 10.3 Å². The van der Waals surface area contributed by atoms with Crippen LogP contribution in [0.5, 0.6) is 0 Å². The summed E-state index contributed by atoms with van der Waals surface area (Å²) in [7, 11) is 3.18. The third kappa shape index (κ3) is 1.92. The van der Waals surface area contributed by atoms with Crippen molar-refractivity contribution in [2.45, 2.75) is 32.8 Å². The molecule has 0 bridgehead atoms. The Kier molecular flexibility index (Phi) is 2.77. The van der Waals surface area contributed by atoms with E-state index in [1.165, 1.54) is 17.7 Å². The molecule has 5 heteroatoms. The molecule has 0 spiro atoms.